The number of esters is 1. The van der Waals surface area contributed by atoms with Gasteiger partial charge in [-0.05, 0) is 67.8 Å². The summed E-state index contributed by atoms with van der Waals surface area (Å²) in [4.78, 5) is 32.2. The Morgan fingerprint density at radius 2 is 1.68 bits per heavy atom. The number of benzene rings is 3. The number of aromatic nitrogens is 1. The number of fused-ring (bicyclic) bond motifs is 1. The van der Waals surface area contributed by atoms with Crippen molar-refractivity contribution >= 4 is 23.4 Å². The molecule has 7 nitrogen and oxygen atoms in total. The van der Waals surface area contributed by atoms with Crippen LogP contribution in [0.4, 0.5) is 0 Å². The van der Waals surface area contributed by atoms with Crippen molar-refractivity contribution in [2.75, 3.05) is 7.11 Å². The van der Waals surface area contributed by atoms with Gasteiger partial charge in [0.05, 0.1) is 35.1 Å². The molecule has 0 spiro atoms. The quantitative estimate of drug-likeness (QED) is 0.293. The molecule has 1 aliphatic rings. The van der Waals surface area contributed by atoms with Crippen molar-refractivity contribution in [3.8, 4) is 11.5 Å². The van der Waals surface area contributed by atoms with Gasteiger partial charge in [-0.3, -0.25) is 9.36 Å². The molecular formula is C32H30N2O5S. The molecule has 8 heteroatoms. The van der Waals surface area contributed by atoms with E-state index < -0.39 is 12.0 Å². The van der Waals surface area contributed by atoms with Crippen LogP contribution in [0.5, 0.6) is 11.5 Å². The predicted molar refractivity (Wildman–Crippen MR) is 155 cm³/mol. The summed E-state index contributed by atoms with van der Waals surface area (Å²) >= 11 is 1.29. The Morgan fingerprint density at radius 1 is 1.00 bits per heavy atom. The van der Waals surface area contributed by atoms with Gasteiger partial charge in [0, 0.05) is 0 Å². The molecule has 1 aliphatic heterocycles. The average molecular weight is 555 g/mol. The lowest BCUT2D eigenvalue weighted by molar-refractivity contribution is -0.143. The number of hydrogen-bond acceptors (Lipinski definition) is 7. The second kappa shape index (κ2) is 11.8. The van der Waals surface area contributed by atoms with Crippen LogP contribution in [0.15, 0.2) is 99.9 Å². The monoisotopic (exact) mass is 554 g/mol. The molecule has 40 heavy (non-hydrogen) atoms. The van der Waals surface area contributed by atoms with Crippen molar-refractivity contribution in [2.45, 2.75) is 39.5 Å². The minimum atomic E-state index is -0.677. The molecule has 4 aromatic rings. The first-order valence-corrected chi connectivity index (χ1v) is 13.8. The van der Waals surface area contributed by atoms with E-state index in [9.17, 15) is 9.59 Å². The number of ether oxygens (including phenoxy) is 3. The Bertz CT molecular complexity index is 1720. The van der Waals surface area contributed by atoms with Crippen LogP contribution in [0.3, 0.4) is 0 Å². The Balaban J connectivity index is 1.51. The summed E-state index contributed by atoms with van der Waals surface area (Å²) in [5, 5.41) is 0. The summed E-state index contributed by atoms with van der Waals surface area (Å²) in [5.41, 5.74) is 3.35. The SMILES string of the molecule is COc1ccc([C@H]2C(C(=O)OC(C)C)=C(C)N=c3s/c(=C/c4ccc(OCc5ccccc5)cc4)c(=O)n32)cc1. The van der Waals surface area contributed by atoms with Crippen LogP contribution in [0, 0.1) is 0 Å². The van der Waals surface area contributed by atoms with E-state index in [0.29, 0.717) is 33.0 Å². The first-order chi connectivity index (χ1) is 19.3. The second-order valence-electron chi connectivity index (χ2n) is 9.65. The van der Waals surface area contributed by atoms with E-state index in [1.165, 1.54) is 11.3 Å². The highest BCUT2D eigenvalue weighted by Gasteiger charge is 2.33. The van der Waals surface area contributed by atoms with Crippen molar-refractivity contribution in [2.24, 2.45) is 4.99 Å². The minimum absolute atomic E-state index is 0.226. The van der Waals surface area contributed by atoms with Crippen LogP contribution in [-0.2, 0) is 16.1 Å². The molecule has 1 atom stereocenters. The fourth-order valence-electron chi connectivity index (χ4n) is 4.51. The van der Waals surface area contributed by atoms with E-state index in [0.717, 1.165) is 22.4 Å². The normalized spacial score (nSPS) is 15.0. The summed E-state index contributed by atoms with van der Waals surface area (Å²) in [7, 11) is 1.59. The van der Waals surface area contributed by atoms with Gasteiger partial charge in [-0.25, -0.2) is 9.79 Å². The van der Waals surface area contributed by atoms with Crippen LogP contribution in [0.25, 0.3) is 6.08 Å². The molecule has 0 aliphatic carbocycles. The first-order valence-electron chi connectivity index (χ1n) is 13.0. The maximum Gasteiger partial charge on any atom is 0.338 e. The predicted octanol–water partition coefficient (Wildman–Crippen LogP) is 4.77. The fourth-order valence-corrected chi connectivity index (χ4v) is 5.56. The highest BCUT2D eigenvalue weighted by Crippen LogP contribution is 2.32. The van der Waals surface area contributed by atoms with Gasteiger partial charge in [0.25, 0.3) is 5.56 Å². The summed E-state index contributed by atoms with van der Waals surface area (Å²) in [6.07, 6.45) is 1.52. The van der Waals surface area contributed by atoms with Crippen LogP contribution < -0.4 is 24.4 Å². The molecule has 1 aromatic heterocycles. The summed E-state index contributed by atoms with van der Waals surface area (Å²) in [5.74, 6) is 0.933. The van der Waals surface area contributed by atoms with Crippen LogP contribution >= 0.6 is 11.3 Å². The van der Waals surface area contributed by atoms with Crippen molar-refractivity contribution in [1.82, 2.24) is 4.57 Å². The van der Waals surface area contributed by atoms with Gasteiger partial charge in [0.1, 0.15) is 18.1 Å². The topological polar surface area (TPSA) is 79.1 Å². The third-order valence-corrected chi connectivity index (χ3v) is 7.43. The number of thiazole rings is 1. The Kier molecular flexibility index (Phi) is 7.98. The van der Waals surface area contributed by atoms with Gasteiger partial charge >= 0.3 is 5.97 Å². The van der Waals surface area contributed by atoms with Gasteiger partial charge in [-0.2, -0.15) is 0 Å². The van der Waals surface area contributed by atoms with Gasteiger partial charge in [-0.15, -0.1) is 0 Å². The Labute approximate surface area is 236 Å². The highest BCUT2D eigenvalue weighted by atomic mass is 32.1. The molecule has 0 N–H and O–H groups in total. The molecular weight excluding hydrogens is 524 g/mol. The van der Waals surface area contributed by atoms with Crippen LogP contribution in [0.1, 0.15) is 43.5 Å². The van der Waals surface area contributed by atoms with E-state index in [4.69, 9.17) is 14.2 Å². The zero-order valence-electron chi connectivity index (χ0n) is 22.8. The van der Waals surface area contributed by atoms with E-state index >= 15 is 0 Å². The van der Waals surface area contributed by atoms with Crippen molar-refractivity contribution in [3.63, 3.8) is 0 Å². The van der Waals surface area contributed by atoms with Crippen LogP contribution in [0.2, 0.25) is 0 Å². The molecule has 0 unspecified atom stereocenters. The number of hydrogen-bond donors (Lipinski definition) is 0. The molecule has 204 valence electrons. The highest BCUT2D eigenvalue weighted by molar-refractivity contribution is 7.07. The molecule has 0 bridgehead atoms. The van der Waals surface area contributed by atoms with Crippen molar-refractivity contribution in [3.05, 3.63) is 127 Å². The largest absolute Gasteiger partial charge is 0.497 e. The maximum atomic E-state index is 13.8. The third kappa shape index (κ3) is 5.77. The third-order valence-electron chi connectivity index (χ3n) is 6.44. The van der Waals surface area contributed by atoms with Gasteiger partial charge in [0.15, 0.2) is 4.80 Å². The lowest BCUT2D eigenvalue weighted by Gasteiger charge is -2.25. The minimum Gasteiger partial charge on any atom is -0.497 e. The average Bonchev–Trinajstić information content (AvgIpc) is 3.26. The number of methoxy groups -OCH3 is 1. The Morgan fingerprint density at radius 3 is 2.33 bits per heavy atom. The van der Waals surface area contributed by atoms with E-state index in [1.807, 2.05) is 84.9 Å². The number of nitrogens with zero attached hydrogens (tertiary/aromatic N) is 2. The lowest BCUT2D eigenvalue weighted by atomic mass is 9.96. The molecule has 5 rings (SSSR count). The Hall–Kier alpha value is -4.43. The smallest absolute Gasteiger partial charge is 0.338 e. The summed E-state index contributed by atoms with van der Waals surface area (Å²) in [6.45, 7) is 5.84. The molecule has 0 amide bonds. The summed E-state index contributed by atoms with van der Waals surface area (Å²) < 4.78 is 18.9. The van der Waals surface area contributed by atoms with E-state index in [-0.39, 0.29) is 11.7 Å². The zero-order chi connectivity index (χ0) is 28.2. The molecule has 2 heterocycles. The fraction of sp³-hybridized carbons (Fsp3) is 0.219. The molecule has 0 saturated carbocycles. The number of rotatable bonds is 8. The van der Waals surface area contributed by atoms with Gasteiger partial charge < -0.3 is 14.2 Å². The standard InChI is InChI=1S/C32H30N2O5S/c1-20(2)39-31(36)28-21(3)33-32-34(29(28)24-12-16-25(37-4)17-13-24)30(35)27(40-32)18-22-10-14-26(15-11-22)38-19-23-8-6-5-7-9-23/h5-18,20,29H,19H2,1-4H3/b27-18+/t29-/m0/s1. The second-order valence-corrected chi connectivity index (χ2v) is 10.7. The maximum absolute atomic E-state index is 13.8. The summed E-state index contributed by atoms with van der Waals surface area (Å²) in [6, 6.07) is 24.2. The van der Waals surface area contributed by atoms with E-state index in [2.05, 4.69) is 4.99 Å². The number of allylic oxidation sites excluding steroid dienone is 1. The molecule has 3 aromatic carbocycles. The first kappa shape index (κ1) is 27.1. The van der Waals surface area contributed by atoms with E-state index in [1.54, 1.807) is 32.4 Å². The molecule has 0 saturated heterocycles. The molecule has 0 fully saturated rings. The van der Waals surface area contributed by atoms with Gasteiger partial charge in [0.2, 0.25) is 0 Å². The molecule has 0 radical (unpaired) electrons. The van der Waals surface area contributed by atoms with Crippen molar-refractivity contribution in [1.29, 1.82) is 0 Å². The zero-order valence-corrected chi connectivity index (χ0v) is 23.6. The van der Waals surface area contributed by atoms with Gasteiger partial charge in [-0.1, -0.05) is 65.9 Å². The van der Waals surface area contributed by atoms with Crippen LogP contribution in [-0.4, -0.2) is 23.8 Å². The number of carbonyl (C=O) groups is 1. The lowest BCUT2D eigenvalue weighted by Crippen LogP contribution is -2.40. The van der Waals surface area contributed by atoms with Crippen molar-refractivity contribution < 1.29 is 19.0 Å². The number of carbonyl (C=O) groups excluding carboxylic acids is 1.